The molecule has 0 aromatic heterocycles. The molecule has 2 heterocycles. The molecule has 1 fully saturated rings. The fourth-order valence-corrected chi connectivity index (χ4v) is 4.53. The fraction of sp³-hybridized carbons (Fsp3) is 0.500. The second-order valence-electron chi connectivity index (χ2n) is 6.67. The molecular formula is C20H24O. The van der Waals surface area contributed by atoms with Crippen LogP contribution in [0.25, 0.3) is 0 Å². The lowest BCUT2D eigenvalue weighted by molar-refractivity contribution is 0.0593. The van der Waals surface area contributed by atoms with Crippen LogP contribution in [0.15, 0.2) is 47.6 Å². The lowest BCUT2D eigenvalue weighted by Gasteiger charge is -2.33. The summed E-state index contributed by atoms with van der Waals surface area (Å²) in [4.78, 5) is 0. The Balaban J connectivity index is 1.76. The standard InChI is InChI=1S/C20H24O/c1-3-7-13-11-14(8-4-2)18-17(12-13)19-15-9-5-6-10-16(15)20(18)21-19/h5-6,9-12,17-20H,3-4,7-8H2,1-2H3/t17-,18+,19+,20-/m0/s1. The van der Waals surface area contributed by atoms with Gasteiger partial charge in [0.25, 0.3) is 0 Å². The number of rotatable bonds is 4. The highest BCUT2D eigenvalue weighted by atomic mass is 16.5. The van der Waals surface area contributed by atoms with E-state index in [1.165, 1.54) is 42.4 Å². The maximum absolute atomic E-state index is 6.41. The Morgan fingerprint density at radius 2 is 1.67 bits per heavy atom. The van der Waals surface area contributed by atoms with Crippen molar-refractivity contribution in [1.29, 1.82) is 0 Å². The van der Waals surface area contributed by atoms with E-state index in [0.29, 0.717) is 24.0 Å². The molecule has 1 heteroatoms. The van der Waals surface area contributed by atoms with E-state index >= 15 is 0 Å². The average molecular weight is 280 g/mol. The highest BCUT2D eigenvalue weighted by Gasteiger charge is 2.52. The van der Waals surface area contributed by atoms with Gasteiger partial charge in [0.1, 0.15) is 0 Å². The molecule has 0 spiro atoms. The summed E-state index contributed by atoms with van der Waals surface area (Å²) in [6.07, 6.45) is 10.5. The van der Waals surface area contributed by atoms with Crippen molar-refractivity contribution < 1.29 is 4.74 Å². The van der Waals surface area contributed by atoms with Crippen molar-refractivity contribution in [3.05, 3.63) is 58.7 Å². The molecule has 2 bridgehead atoms. The molecule has 110 valence electrons. The lowest BCUT2D eigenvalue weighted by atomic mass is 9.68. The van der Waals surface area contributed by atoms with Crippen molar-refractivity contribution in [3.8, 4) is 0 Å². The predicted molar refractivity (Wildman–Crippen MR) is 86.0 cm³/mol. The van der Waals surface area contributed by atoms with Crippen LogP contribution in [-0.2, 0) is 4.74 Å². The van der Waals surface area contributed by atoms with Crippen LogP contribution in [0.2, 0.25) is 0 Å². The average Bonchev–Trinajstić information content (AvgIpc) is 3.05. The normalized spacial score (nSPS) is 32.5. The van der Waals surface area contributed by atoms with Gasteiger partial charge in [-0.15, -0.1) is 0 Å². The van der Waals surface area contributed by atoms with Crippen LogP contribution in [-0.4, -0.2) is 0 Å². The summed E-state index contributed by atoms with van der Waals surface area (Å²) in [5.74, 6) is 1.16. The van der Waals surface area contributed by atoms with E-state index in [0.717, 1.165) is 0 Å². The minimum absolute atomic E-state index is 0.295. The van der Waals surface area contributed by atoms with Gasteiger partial charge in [0.2, 0.25) is 0 Å². The highest BCUT2D eigenvalue weighted by Crippen LogP contribution is 2.61. The first-order valence-corrected chi connectivity index (χ1v) is 8.49. The molecule has 1 nitrogen and oxygen atoms in total. The molecule has 0 amide bonds. The number of allylic oxidation sites excluding steroid dienone is 2. The van der Waals surface area contributed by atoms with E-state index in [9.17, 15) is 0 Å². The number of benzene rings is 1. The SMILES string of the molecule is CCCC1=C[C@H]2[C@@H](C(CCC)=C1)[C@H]1O[C@@H]2c2ccccc21. The van der Waals surface area contributed by atoms with Gasteiger partial charge >= 0.3 is 0 Å². The van der Waals surface area contributed by atoms with Gasteiger partial charge < -0.3 is 4.74 Å². The molecule has 1 aromatic carbocycles. The Labute approximate surface area is 127 Å². The summed E-state index contributed by atoms with van der Waals surface area (Å²) in [7, 11) is 0. The smallest absolute Gasteiger partial charge is 0.0909 e. The molecular weight excluding hydrogens is 256 g/mol. The van der Waals surface area contributed by atoms with Crippen LogP contribution in [0.4, 0.5) is 0 Å². The zero-order chi connectivity index (χ0) is 14.4. The van der Waals surface area contributed by atoms with Crippen LogP contribution in [0.1, 0.15) is 62.9 Å². The van der Waals surface area contributed by atoms with Gasteiger partial charge in [-0.25, -0.2) is 0 Å². The first-order chi connectivity index (χ1) is 10.3. The van der Waals surface area contributed by atoms with E-state index in [1.54, 1.807) is 5.57 Å². The molecule has 21 heavy (non-hydrogen) atoms. The van der Waals surface area contributed by atoms with Gasteiger partial charge in [0.15, 0.2) is 0 Å². The molecule has 1 aromatic rings. The zero-order valence-electron chi connectivity index (χ0n) is 13.0. The molecule has 4 rings (SSSR count). The van der Waals surface area contributed by atoms with E-state index in [1.807, 2.05) is 0 Å². The van der Waals surface area contributed by atoms with E-state index in [2.05, 4.69) is 50.3 Å². The number of hydrogen-bond donors (Lipinski definition) is 0. The molecule has 2 aliphatic heterocycles. The Bertz CT molecular complexity index is 610. The Kier molecular flexibility index (Phi) is 3.26. The van der Waals surface area contributed by atoms with Crippen LogP contribution in [0.3, 0.4) is 0 Å². The van der Waals surface area contributed by atoms with Crippen LogP contribution < -0.4 is 0 Å². The number of hydrogen-bond acceptors (Lipinski definition) is 1. The highest BCUT2D eigenvalue weighted by molar-refractivity contribution is 5.46. The first kappa shape index (κ1) is 13.3. The van der Waals surface area contributed by atoms with Crippen LogP contribution >= 0.6 is 0 Å². The molecule has 0 unspecified atom stereocenters. The van der Waals surface area contributed by atoms with Gasteiger partial charge in [-0.1, -0.05) is 74.3 Å². The monoisotopic (exact) mass is 280 g/mol. The molecule has 1 aliphatic carbocycles. The second kappa shape index (κ2) is 5.14. The Morgan fingerprint density at radius 1 is 0.952 bits per heavy atom. The van der Waals surface area contributed by atoms with Crippen molar-refractivity contribution in [1.82, 2.24) is 0 Å². The summed E-state index contributed by atoms with van der Waals surface area (Å²) >= 11 is 0. The number of fused-ring (bicyclic) bond motifs is 8. The quantitative estimate of drug-likeness (QED) is 0.706. The summed E-state index contributed by atoms with van der Waals surface area (Å²) in [6, 6.07) is 8.84. The predicted octanol–water partition coefficient (Wildman–Crippen LogP) is 5.51. The Morgan fingerprint density at radius 3 is 2.38 bits per heavy atom. The van der Waals surface area contributed by atoms with Gasteiger partial charge in [-0.2, -0.15) is 0 Å². The van der Waals surface area contributed by atoms with E-state index < -0.39 is 0 Å². The molecule has 0 saturated carbocycles. The lowest BCUT2D eigenvalue weighted by Crippen LogP contribution is -2.25. The van der Waals surface area contributed by atoms with E-state index in [4.69, 9.17) is 4.74 Å². The van der Waals surface area contributed by atoms with Crippen molar-refractivity contribution >= 4 is 0 Å². The molecule has 0 radical (unpaired) electrons. The summed E-state index contributed by atoms with van der Waals surface area (Å²) in [5, 5.41) is 0. The third-order valence-corrected chi connectivity index (χ3v) is 5.28. The largest absolute Gasteiger partial charge is 0.364 e. The maximum atomic E-state index is 6.41. The van der Waals surface area contributed by atoms with Crippen LogP contribution in [0, 0.1) is 11.8 Å². The summed E-state index contributed by atoms with van der Waals surface area (Å²) in [6.45, 7) is 4.56. The van der Waals surface area contributed by atoms with Crippen molar-refractivity contribution in [2.45, 2.75) is 51.7 Å². The van der Waals surface area contributed by atoms with Gasteiger partial charge in [0.05, 0.1) is 12.2 Å². The first-order valence-electron chi connectivity index (χ1n) is 8.49. The van der Waals surface area contributed by atoms with Gasteiger partial charge in [0, 0.05) is 11.8 Å². The van der Waals surface area contributed by atoms with Crippen LogP contribution in [0.5, 0.6) is 0 Å². The van der Waals surface area contributed by atoms with Gasteiger partial charge in [-0.3, -0.25) is 0 Å². The molecule has 3 aliphatic rings. The van der Waals surface area contributed by atoms with Crippen molar-refractivity contribution in [2.24, 2.45) is 11.8 Å². The second-order valence-corrected chi connectivity index (χ2v) is 6.67. The minimum atomic E-state index is 0.295. The van der Waals surface area contributed by atoms with E-state index in [-0.39, 0.29) is 0 Å². The van der Waals surface area contributed by atoms with Gasteiger partial charge in [-0.05, 0) is 24.0 Å². The molecule has 0 N–H and O–H groups in total. The summed E-state index contributed by atoms with van der Waals surface area (Å²) < 4.78 is 6.41. The van der Waals surface area contributed by atoms with Crippen molar-refractivity contribution in [3.63, 3.8) is 0 Å². The third kappa shape index (κ3) is 1.94. The number of ether oxygens (including phenoxy) is 1. The Hall–Kier alpha value is -1.34. The minimum Gasteiger partial charge on any atom is -0.364 e. The molecule has 1 saturated heterocycles. The zero-order valence-corrected chi connectivity index (χ0v) is 13.0. The topological polar surface area (TPSA) is 9.23 Å². The molecule has 4 atom stereocenters. The van der Waals surface area contributed by atoms with Crippen molar-refractivity contribution in [2.75, 3.05) is 0 Å². The maximum Gasteiger partial charge on any atom is 0.0909 e. The fourth-order valence-electron chi connectivity index (χ4n) is 4.53. The third-order valence-electron chi connectivity index (χ3n) is 5.28. The summed E-state index contributed by atoms with van der Waals surface area (Å²) in [5.41, 5.74) is 6.05.